The van der Waals surface area contributed by atoms with Crippen LogP contribution < -0.4 is 5.32 Å². The molecule has 2 amide bonds. The number of aryl methyl sites for hydroxylation is 2. The quantitative estimate of drug-likeness (QED) is 0.668. The molecule has 9 nitrogen and oxygen atoms in total. The van der Waals surface area contributed by atoms with Crippen molar-refractivity contribution < 1.29 is 14.2 Å². The third-order valence-corrected chi connectivity index (χ3v) is 5.69. The van der Waals surface area contributed by atoms with Crippen molar-refractivity contribution in [2.24, 2.45) is 5.92 Å². The lowest BCUT2D eigenvalue weighted by Gasteiger charge is -2.32. The second kappa shape index (κ2) is 8.64. The van der Waals surface area contributed by atoms with Crippen LogP contribution in [0.3, 0.4) is 0 Å². The molecular formula is C21H26N6O3. The van der Waals surface area contributed by atoms with E-state index >= 15 is 0 Å². The van der Waals surface area contributed by atoms with Gasteiger partial charge in [-0.3, -0.25) is 9.59 Å². The molecule has 3 heterocycles. The summed E-state index contributed by atoms with van der Waals surface area (Å²) in [6.07, 6.45) is 4.00. The van der Waals surface area contributed by atoms with Crippen LogP contribution >= 0.6 is 0 Å². The molecule has 30 heavy (non-hydrogen) atoms. The molecule has 0 radical (unpaired) electrons. The van der Waals surface area contributed by atoms with E-state index in [0.29, 0.717) is 43.0 Å². The highest BCUT2D eigenvalue weighted by Crippen LogP contribution is 2.23. The molecular weight excluding hydrogens is 384 g/mol. The van der Waals surface area contributed by atoms with Gasteiger partial charge in [0.2, 0.25) is 5.91 Å². The van der Waals surface area contributed by atoms with Crippen molar-refractivity contribution in [1.82, 2.24) is 30.1 Å². The van der Waals surface area contributed by atoms with Gasteiger partial charge >= 0.3 is 0 Å². The van der Waals surface area contributed by atoms with Crippen molar-refractivity contribution in [1.29, 1.82) is 0 Å². The molecule has 1 atom stereocenters. The molecule has 9 heteroatoms. The van der Waals surface area contributed by atoms with Crippen molar-refractivity contribution in [3.05, 3.63) is 41.5 Å². The number of piperidine rings is 1. The van der Waals surface area contributed by atoms with Gasteiger partial charge in [-0.15, -0.1) is 0 Å². The first-order valence-corrected chi connectivity index (χ1v) is 10.3. The highest BCUT2D eigenvalue weighted by Gasteiger charge is 2.26. The maximum Gasteiger partial charge on any atom is 0.253 e. The molecule has 0 bridgehead atoms. The third kappa shape index (κ3) is 4.19. The fourth-order valence-electron chi connectivity index (χ4n) is 3.97. The van der Waals surface area contributed by atoms with Gasteiger partial charge in [-0.25, -0.2) is 9.61 Å². The molecule has 0 aliphatic carbocycles. The first-order valence-electron chi connectivity index (χ1n) is 10.3. The van der Waals surface area contributed by atoms with Gasteiger partial charge in [0.05, 0.1) is 23.9 Å². The van der Waals surface area contributed by atoms with E-state index < -0.39 is 0 Å². The fraction of sp³-hybridized carbons (Fsp3) is 0.476. The molecule has 1 N–H and O–H groups in total. The van der Waals surface area contributed by atoms with E-state index in [1.165, 1.54) is 0 Å². The number of imidazole rings is 1. The number of carbonyl (C=O) groups excluding carboxylic acids is 2. The van der Waals surface area contributed by atoms with Crippen molar-refractivity contribution >= 4 is 22.8 Å². The molecule has 4 rings (SSSR count). The van der Waals surface area contributed by atoms with Crippen LogP contribution in [0.15, 0.2) is 29.2 Å². The second-order valence-corrected chi connectivity index (χ2v) is 7.77. The summed E-state index contributed by atoms with van der Waals surface area (Å²) in [6.45, 7) is 6.28. The number of rotatable bonds is 6. The van der Waals surface area contributed by atoms with Crippen LogP contribution in [-0.2, 0) is 17.9 Å². The Kier molecular flexibility index (Phi) is 5.78. The predicted molar refractivity (Wildman–Crippen MR) is 110 cm³/mol. The SMILES string of the molecule is CCn1cnc2cc(C(=O)N3CCCC(CC(=O)NCc4nonc4C)C3)ccc21. The van der Waals surface area contributed by atoms with Gasteiger partial charge in [-0.2, -0.15) is 0 Å². The van der Waals surface area contributed by atoms with E-state index in [9.17, 15) is 9.59 Å². The Hall–Kier alpha value is -3.23. The van der Waals surface area contributed by atoms with Crippen LogP contribution in [0.4, 0.5) is 0 Å². The normalized spacial score (nSPS) is 16.7. The number of hydrogen-bond donors (Lipinski definition) is 1. The second-order valence-electron chi connectivity index (χ2n) is 7.77. The fourth-order valence-corrected chi connectivity index (χ4v) is 3.97. The molecule has 0 saturated carbocycles. The Morgan fingerprint density at radius 3 is 2.93 bits per heavy atom. The summed E-state index contributed by atoms with van der Waals surface area (Å²) in [5.41, 5.74) is 3.80. The number of aromatic nitrogens is 4. The summed E-state index contributed by atoms with van der Waals surface area (Å²) in [7, 11) is 0. The number of nitrogens with zero attached hydrogens (tertiary/aromatic N) is 5. The lowest BCUT2D eigenvalue weighted by atomic mass is 9.94. The first-order chi connectivity index (χ1) is 14.5. The third-order valence-electron chi connectivity index (χ3n) is 5.69. The number of carbonyl (C=O) groups is 2. The van der Waals surface area contributed by atoms with Gasteiger partial charge in [0, 0.05) is 31.6 Å². The van der Waals surface area contributed by atoms with Crippen LogP contribution in [-0.4, -0.2) is 49.7 Å². The topological polar surface area (TPSA) is 106 Å². The van der Waals surface area contributed by atoms with E-state index in [1.54, 1.807) is 13.3 Å². The Morgan fingerprint density at radius 2 is 2.17 bits per heavy atom. The minimum Gasteiger partial charge on any atom is -0.350 e. The molecule has 1 aliphatic heterocycles. The van der Waals surface area contributed by atoms with Gasteiger partial charge < -0.3 is 14.8 Å². The van der Waals surface area contributed by atoms with Crippen LogP contribution in [0.5, 0.6) is 0 Å². The van der Waals surface area contributed by atoms with Crippen LogP contribution in [0.1, 0.15) is 47.9 Å². The Balaban J connectivity index is 1.35. The van der Waals surface area contributed by atoms with Gasteiger partial charge in [0.25, 0.3) is 5.91 Å². The standard InChI is InChI=1S/C21H26N6O3/c1-3-26-13-23-17-10-16(6-7-19(17)26)21(29)27-8-4-5-15(12-27)9-20(28)22-11-18-14(2)24-30-25-18/h6-7,10,13,15H,3-5,8-9,11-12H2,1-2H3,(H,22,28). The van der Waals surface area contributed by atoms with Crippen LogP contribution in [0.2, 0.25) is 0 Å². The zero-order valence-corrected chi connectivity index (χ0v) is 17.3. The summed E-state index contributed by atoms with van der Waals surface area (Å²) in [5, 5.41) is 10.3. The van der Waals surface area contributed by atoms with Crippen LogP contribution in [0.25, 0.3) is 11.0 Å². The van der Waals surface area contributed by atoms with E-state index in [1.807, 2.05) is 23.1 Å². The molecule has 1 aliphatic rings. The first kappa shape index (κ1) is 20.1. The molecule has 3 aromatic rings. The largest absolute Gasteiger partial charge is 0.350 e. The molecule has 158 valence electrons. The zero-order valence-electron chi connectivity index (χ0n) is 17.3. The maximum atomic E-state index is 13.0. The highest BCUT2D eigenvalue weighted by atomic mass is 16.6. The predicted octanol–water partition coefficient (Wildman–Crippen LogP) is 2.31. The molecule has 2 aromatic heterocycles. The molecule has 0 spiro atoms. The zero-order chi connectivity index (χ0) is 21.1. The Bertz CT molecular complexity index is 1060. The number of benzene rings is 1. The van der Waals surface area contributed by atoms with E-state index in [4.69, 9.17) is 0 Å². The number of likely N-dealkylation sites (tertiary alicyclic amines) is 1. The minimum absolute atomic E-state index is 0.00245. The average molecular weight is 410 g/mol. The molecule has 1 saturated heterocycles. The van der Waals surface area contributed by atoms with Gasteiger partial charge in [0.1, 0.15) is 11.4 Å². The smallest absolute Gasteiger partial charge is 0.253 e. The van der Waals surface area contributed by atoms with Crippen molar-refractivity contribution in [3.8, 4) is 0 Å². The highest BCUT2D eigenvalue weighted by molar-refractivity contribution is 5.97. The van der Waals surface area contributed by atoms with Crippen molar-refractivity contribution in [2.45, 2.75) is 46.2 Å². The van der Waals surface area contributed by atoms with Gasteiger partial charge in [-0.1, -0.05) is 10.3 Å². The number of fused-ring (bicyclic) bond motifs is 1. The summed E-state index contributed by atoms with van der Waals surface area (Å²) in [4.78, 5) is 31.6. The van der Waals surface area contributed by atoms with Gasteiger partial charge in [0.15, 0.2) is 0 Å². The number of amides is 2. The average Bonchev–Trinajstić information content (AvgIpc) is 3.36. The van der Waals surface area contributed by atoms with Crippen LogP contribution in [0, 0.1) is 12.8 Å². The minimum atomic E-state index is -0.0526. The Labute approximate surface area is 174 Å². The Morgan fingerprint density at radius 1 is 1.30 bits per heavy atom. The number of nitrogens with one attached hydrogen (secondary N) is 1. The summed E-state index contributed by atoms with van der Waals surface area (Å²) >= 11 is 0. The summed E-state index contributed by atoms with van der Waals surface area (Å²) < 4.78 is 6.69. The lowest BCUT2D eigenvalue weighted by Crippen LogP contribution is -2.41. The summed E-state index contributed by atoms with van der Waals surface area (Å²) in [5.74, 6) is 0.0860. The van der Waals surface area contributed by atoms with E-state index in [-0.39, 0.29) is 17.7 Å². The van der Waals surface area contributed by atoms with Crippen molar-refractivity contribution in [3.63, 3.8) is 0 Å². The van der Waals surface area contributed by atoms with Gasteiger partial charge in [-0.05, 0) is 50.8 Å². The number of hydrogen-bond acceptors (Lipinski definition) is 6. The summed E-state index contributed by atoms with van der Waals surface area (Å²) in [6, 6.07) is 5.67. The maximum absolute atomic E-state index is 13.0. The molecule has 1 fully saturated rings. The van der Waals surface area contributed by atoms with E-state index in [0.717, 1.165) is 30.4 Å². The monoisotopic (exact) mass is 410 g/mol. The molecule has 1 aromatic carbocycles. The van der Waals surface area contributed by atoms with Crippen molar-refractivity contribution in [2.75, 3.05) is 13.1 Å². The van der Waals surface area contributed by atoms with E-state index in [2.05, 4.69) is 36.7 Å². The molecule has 1 unspecified atom stereocenters. The lowest BCUT2D eigenvalue weighted by molar-refractivity contribution is -0.122.